The summed E-state index contributed by atoms with van der Waals surface area (Å²) in [6, 6.07) is 12.7. The fraction of sp³-hybridized carbons (Fsp3) is 0.500. The van der Waals surface area contributed by atoms with Crippen LogP contribution in [0.15, 0.2) is 30.3 Å². The van der Waals surface area contributed by atoms with Crippen LogP contribution in [0.3, 0.4) is 0 Å². The first-order chi connectivity index (χ1) is 9.98. The van der Waals surface area contributed by atoms with E-state index < -0.39 is 11.0 Å². The molecule has 1 N–H and O–H groups in total. The predicted molar refractivity (Wildman–Crippen MR) is 87.1 cm³/mol. The van der Waals surface area contributed by atoms with E-state index >= 15 is 0 Å². The van der Waals surface area contributed by atoms with Crippen molar-refractivity contribution in [1.29, 1.82) is 5.26 Å². The maximum Gasteiger partial charge on any atom is 0.114 e. The second kappa shape index (κ2) is 5.12. The van der Waals surface area contributed by atoms with Crippen LogP contribution < -0.4 is 0 Å². The second-order valence-electron chi connectivity index (χ2n) is 6.62. The zero-order chi connectivity index (χ0) is 15.1. The summed E-state index contributed by atoms with van der Waals surface area (Å²) in [5, 5.41) is 22.2. The molecule has 0 saturated heterocycles. The quantitative estimate of drug-likeness (QED) is 0.863. The van der Waals surface area contributed by atoms with Gasteiger partial charge in [0.15, 0.2) is 0 Å². The van der Waals surface area contributed by atoms with Crippen molar-refractivity contribution in [1.82, 2.24) is 0 Å². The molecule has 3 heteroatoms. The summed E-state index contributed by atoms with van der Waals surface area (Å²) >= 11 is 1.61. The number of benzene rings is 1. The minimum absolute atomic E-state index is 0.499. The minimum atomic E-state index is -1.08. The molecule has 1 aliphatic carbocycles. The summed E-state index contributed by atoms with van der Waals surface area (Å²) in [6.07, 6.45) is 3.75. The molecule has 1 saturated carbocycles. The summed E-state index contributed by atoms with van der Waals surface area (Å²) in [7, 11) is 0. The third-order valence-electron chi connectivity index (χ3n) is 5.05. The molecule has 3 atom stereocenters. The first-order valence-electron chi connectivity index (χ1n) is 7.61. The topological polar surface area (TPSA) is 44.0 Å². The fourth-order valence-electron chi connectivity index (χ4n) is 3.66. The fourth-order valence-corrected chi connectivity index (χ4v) is 4.87. The zero-order valence-corrected chi connectivity index (χ0v) is 13.4. The molecule has 1 aromatic carbocycles. The number of aliphatic hydroxyl groups is 1. The third kappa shape index (κ3) is 2.27. The van der Waals surface area contributed by atoms with Crippen molar-refractivity contribution in [3.63, 3.8) is 0 Å². The van der Waals surface area contributed by atoms with Gasteiger partial charge in [-0.15, -0.1) is 11.3 Å². The third-order valence-corrected chi connectivity index (χ3v) is 6.38. The minimum Gasteiger partial charge on any atom is -0.383 e. The number of hydrogen-bond donors (Lipinski definition) is 1. The molecular weight excluding hydrogens is 278 g/mol. The summed E-state index contributed by atoms with van der Waals surface area (Å²) in [4.78, 5) is 0.916. The van der Waals surface area contributed by atoms with Gasteiger partial charge >= 0.3 is 0 Å². The Labute approximate surface area is 130 Å². The second-order valence-corrected chi connectivity index (χ2v) is 7.70. The van der Waals surface area contributed by atoms with Crippen LogP contribution in [-0.4, -0.2) is 5.11 Å². The van der Waals surface area contributed by atoms with Gasteiger partial charge in [-0.1, -0.05) is 38.0 Å². The number of nitriles is 1. The lowest BCUT2D eigenvalue weighted by atomic mass is 9.62. The van der Waals surface area contributed by atoms with E-state index in [4.69, 9.17) is 0 Å². The monoisotopic (exact) mass is 299 g/mol. The Hall–Kier alpha value is -1.37. The Balaban J connectivity index is 2.07. The highest BCUT2D eigenvalue weighted by atomic mass is 32.1. The Bertz CT molecular complexity index is 664. The van der Waals surface area contributed by atoms with Gasteiger partial charge in [0.25, 0.3) is 0 Å². The van der Waals surface area contributed by atoms with E-state index in [-0.39, 0.29) is 0 Å². The maximum absolute atomic E-state index is 11.3. The molecule has 1 heterocycles. The first-order valence-corrected chi connectivity index (χ1v) is 8.43. The summed E-state index contributed by atoms with van der Waals surface area (Å²) in [5.41, 5.74) is -1.74. The van der Waals surface area contributed by atoms with E-state index in [0.29, 0.717) is 5.92 Å². The highest BCUT2D eigenvalue weighted by Gasteiger charge is 2.51. The van der Waals surface area contributed by atoms with Crippen molar-refractivity contribution in [3.8, 4) is 6.07 Å². The Morgan fingerprint density at radius 1 is 1.43 bits per heavy atom. The van der Waals surface area contributed by atoms with Crippen LogP contribution in [0.25, 0.3) is 10.1 Å². The molecule has 3 rings (SSSR count). The highest BCUT2D eigenvalue weighted by Crippen LogP contribution is 2.52. The Morgan fingerprint density at radius 3 is 2.86 bits per heavy atom. The number of thiophene rings is 1. The largest absolute Gasteiger partial charge is 0.383 e. The van der Waals surface area contributed by atoms with Crippen LogP contribution in [0.2, 0.25) is 0 Å². The van der Waals surface area contributed by atoms with Gasteiger partial charge in [0.1, 0.15) is 5.60 Å². The molecule has 0 radical (unpaired) electrons. The van der Waals surface area contributed by atoms with Crippen LogP contribution in [0.1, 0.15) is 44.4 Å². The van der Waals surface area contributed by atoms with Gasteiger partial charge in [-0.3, -0.25) is 0 Å². The van der Waals surface area contributed by atoms with Crippen molar-refractivity contribution in [2.45, 2.75) is 45.1 Å². The molecule has 2 aromatic rings. The molecule has 0 aliphatic heterocycles. The number of hydrogen-bond acceptors (Lipinski definition) is 3. The van der Waals surface area contributed by atoms with Gasteiger partial charge in [0.05, 0.1) is 11.5 Å². The molecule has 0 amide bonds. The molecular formula is C18H21NOS. The van der Waals surface area contributed by atoms with Gasteiger partial charge < -0.3 is 5.11 Å². The SMILES string of the molecule is CC1CCCC(C#N)(C(C)(O)c2cc3ccccc3s2)C1. The molecule has 110 valence electrons. The predicted octanol–water partition coefficient (Wildman–Crippen LogP) is 4.83. The summed E-state index contributed by atoms with van der Waals surface area (Å²) in [6.45, 7) is 4.02. The van der Waals surface area contributed by atoms with E-state index in [1.54, 1.807) is 11.3 Å². The van der Waals surface area contributed by atoms with Gasteiger partial charge in [-0.2, -0.15) is 5.26 Å². The molecule has 21 heavy (non-hydrogen) atoms. The van der Waals surface area contributed by atoms with Crippen molar-refractivity contribution in [2.75, 3.05) is 0 Å². The van der Waals surface area contributed by atoms with Crippen molar-refractivity contribution < 1.29 is 5.11 Å². The highest BCUT2D eigenvalue weighted by molar-refractivity contribution is 7.19. The molecule has 2 nitrogen and oxygen atoms in total. The van der Waals surface area contributed by atoms with E-state index in [9.17, 15) is 10.4 Å². The van der Waals surface area contributed by atoms with E-state index in [2.05, 4.69) is 31.2 Å². The van der Waals surface area contributed by atoms with E-state index in [1.807, 2.05) is 19.1 Å². The van der Waals surface area contributed by atoms with Crippen molar-refractivity contribution >= 4 is 21.4 Å². The van der Waals surface area contributed by atoms with Crippen LogP contribution >= 0.6 is 11.3 Å². The number of fused-ring (bicyclic) bond motifs is 1. The lowest BCUT2D eigenvalue weighted by Crippen LogP contribution is -2.45. The molecule has 0 bridgehead atoms. The van der Waals surface area contributed by atoms with Crippen LogP contribution in [-0.2, 0) is 5.60 Å². The smallest absolute Gasteiger partial charge is 0.114 e. The zero-order valence-electron chi connectivity index (χ0n) is 12.6. The number of nitrogens with zero attached hydrogens (tertiary/aromatic N) is 1. The Morgan fingerprint density at radius 2 is 2.19 bits per heavy atom. The van der Waals surface area contributed by atoms with Crippen LogP contribution in [0, 0.1) is 22.7 Å². The van der Waals surface area contributed by atoms with Gasteiger partial charge in [0.2, 0.25) is 0 Å². The van der Waals surface area contributed by atoms with Crippen molar-refractivity contribution in [3.05, 3.63) is 35.2 Å². The van der Waals surface area contributed by atoms with Gasteiger partial charge in [-0.05, 0) is 43.2 Å². The first kappa shape index (κ1) is 14.6. The maximum atomic E-state index is 11.3. The molecule has 0 spiro atoms. The lowest BCUT2D eigenvalue weighted by Gasteiger charge is -2.44. The Kier molecular flexibility index (Phi) is 3.55. The summed E-state index contributed by atoms with van der Waals surface area (Å²) in [5.74, 6) is 0.499. The van der Waals surface area contributed by atoms with E-state index in [1.165, 1.54) is 4.70 Å². The lowest BCUT2D eigenvalue weighted by molar-refractivity contribution is -0.0691. The molecule has 1 fully saturated rings. The standard InChI is InChI=1S/C18H21NOS/c1-13-6-5-9-18(11-13,12-19)17(2,20)16-10-14-7-3-4-8-15(14)21-16/h3-4,7-8,10,13,20H,5-6,9,11H2,1-2H3. The number of rotatable bonds is 2. The molecule has 3 unspecified atom stereocenters. The van der Waals surface area contributed by atoms with Crippen LogP contribution in [0.5, 0.6) is 0 Å². The average molecular weight is 299 g/mol. The van der Waals surface area contributed by atoms with Gasteiger partial charge in [-0.25, -0.2) is 0 Å². The van der Waals surface area contributed by atoms with Crippen LogP contribution in [0.4, 0.5) is 0 Å². The normalized spacial score (nSPS) is 29.0. The molecule has 1 aromatic heterocycles. The molecule has 1 aliphatic rings. The average Bonchev–Trinajstić information content (AvgIpc) is 2.91. The van der Waals surface area contributed by atoms with Gasteiger partial charge in [0, 0.05) is 9.58 Å². The van der Waals surface area contributed by atoms with E-state index in [0.717, 1.165) is 35.9 Å². The summed E-state index contributed by atoms with van der Waals surface area (Å²) < 4.78 is 1.17. The van der Waals surface area contributed by atoms with Crippen molar-refractivity contribution in [2.24, 2.45) is 11.3 Å².